The van der Waals surface area contributed by atoms with Gasteiger partial charge in [-0.2, -0.15) is 0 Å². The van der Waals surface area contributed by atoms with Gasteiger partial charge in [0.2, 0.25) is 0 Å². The molecule has 2 aliphatic rings. The van der Waals surface area contributed by atoms with Gasteiger partial charge in [0, 0.05) is 0 Å². The van der Waals surface area contributed by atoms with Crippen molar-refractivity contribution >= 4 is 17.9 Å². The predicted molar refractivity (Wildman–Crippen MR) is 64.5 cm³/mol. The molecule has 20 heavy (non-hydrogen) atoms. The first-order chi connectivity index (χ1) is 9.48. The molecular weight excluding hydrogens is 268 g/mol. The van der Waals surface area contributed by atoms with Crippen LogP contribution in [-0.4, -0.2) is 51.4 Å². The number of epoxide rings is 1. The molecule has 0 amide bonds. The number of hydrogen-bond donors (Lipinski definition) is 0. The molecule has 2 atom stereocenters. The molecule has 1 aliphatic heterocycles. The fraction of sp³-hybridized carbons (Fsp3) is 0.769. The van der Waals surface area contributed by atoms with E-state index in [1.165, 1.54) is 21.3 Å². The van der Waals surface area contributed by atoms with Gasteiger partial charge in [-0.1, -0.05) is 0 Å². The lowest BCUT2D eigenvalue weighted by molar-refractivity contribution is -0.177. The molecule has 2 fully saturated rings. The van der Waals surface area contributed by atoms with Crippen LogP contribution >= 0.6 is 0 Å². The minimum Gasteiger partial charge on any atom is -0.469 e. The predicted octanol–water partition coefficient (Wildman–Crippen LogP) is 0.0609. The first kappa shape index (κ1) is 14.8. The van der Waals surface area contributed by atoms with Gasteiger partial charge in [0.05, 0.1) is 34.4 Å². The van der Waals surface area contributed by atoms with Crippen LogP contribution in [0.3, 0.4) is 0 Å². The molecule has 1 heterocycles. The van der Waals surface area contributed by atoms with Gasteiger partial charge in [0.15, 0.2) is 5.41 Å². The second-order valence-electron chi connectivity index (χ2n) is 5.09. The van der Waals surface area contributed by atoms with Crippen molar-refractivity contribution in [3.8, 4) is 0 Å². The Balaban J connectivity index is 2.43. The number of methoxy groups -OCH3 is 3. The Hall–Kier alpha value is -1.63. The van der Waals surface area contributed by atoms with E-state index in [0.717, 1.165) is 0 Å². The van der Waals surface area contributed by atoms with Crippen molar-refractivity contribution in [2.24, 2.45) is 11.3 Å². The molecule has 7 heteroatoms. The smallest absolute Gasteiger partial charge is 0.326 e. The molecular formula is C13H18O7. The van der Waals surface area contributed by atoms with Crippen LogP contribution in [0.15, 0.2) is 0 Å². The Kier molecular flexibility index (Phi) is 3.73. The molecule has 1 spiro atoms. The minimum absolute atomic E-state index is 0.0498. The molecule has 0 radical (unpaired) electrons. The van der Waals surface area contributed by atoms with E-state index in [1.807, 2.05) is 0 Å². The maximum atomic E-state index is 12.3. The van der Waals surface area contributed by atoms with Crippen molar-refractivity contribution < 1.29 is 33.3 Å². The van der Waals surface area contributed by atoms with Crippen LogP contribution in [0.2, 0.25) is 0 Å². The Morgan fingerprint density at radius 2 is 1.65 bits per heavy atom. The summed E-state index contributed by atoms with van der Waals surface area (Å²) in [5.41, 5.74) is -2.48. The quantitative estimate of drug-likeness (QED) is 0.312. The highest BCUT2D eigenvalue weighted by atomic mass is 16.6. The van der Waals surface area contributed by atoms with E-state index in [0.29, 0.717) is 12.8 Å². The topological polar surface area (TPSA) is 91.4 Å². The molecule has 7 nitrogen and oxygen atoms in total. The SMILES string of the molecule is COC(=O)CC1CCC2(CO2)C1(C(=O)OC)C(=O)OC. The number of carbonyl (C=O) groups excluding carboxylic acids is 3. The first-order valence-electron chi connectivity index (χ1n) is 6.36. The van der Waals surface area contributed by atoms with Crippen LogP contribution in [0.1, 0.15) is 19.3 Å². The van der Waals surface area contributed by atoms with E-state index in [9.17, 15) is 14.4 Å². The number of carbonyl (C=O) groups is 3. The summed E-state index contributed by atoms with van der Waals surface area (Å²) >= 11 is 0. The highest BCUT2D eigenvalue weighted by Gasteiger charge is 2.77. The van der Waals surface area contributed by atoms with E-state index in [2.05, 4.69) is 4.74 Å². The monoisotopic (exact) mass is 286 g/mol. The number of ether oxygens (including phenoxy) is 4. The molecule has 0 aromatic carbocycles. The molecule has 0 aromatic rings. The lowest BCUT2D eigenvalue weighted by atomic mass is 9.70. The zero-order valence-electron chi connectivity index (χ0n) is 11.8. The summed E-state index contributed by atoms with van der Waals surface area (Å²) in [4.78, 5) is 36.2. The Labute approximate surface area is 116 Å². The Bertz CT molecular complexity index is 422. The fourth-order valence-corrected chi connectivity index (χ4v) is 3.30. The van der Waals surface area contributed by atoms with E-state index < -0.39 is 34.8 Å². The molecule has 0 N–H and O–H groups in total. The minimum atomic E-state index is -1.58. The number of rotatable bonds is 4. The third kappa shape index (κ3) is 1.80. The molecule has 112 valence electrons. The van der Waals surface area contributed by atoms with Crippen LogP contribution in [0.25, 0.3) is 0 Å². The summed E-state index contributed by atoms with van der Waals surface area (Å²) in [5.74, 6) is -2.45. The van der Waals surface area contributed by atoms with Crippen LogP contribution in [-0.2, 0) is 33.3 Å². The second kappa shape index (κ2) is 5.05. The van der Waals surface area contributed by atoms with Crippen molar-refractivity contribution in [1.29, 1.82) is 0 Å². The largest absolute Gasteiger partial charge is 0.469 e. The lowest BCUT2D eigenvalue weighted by Crippen LogP contribution is -2.53. The zero-order chi connectivity index (χ0) is 15.0. The Morgan fingerprint density at radius 3 is 2.05 bits per heavy atom. The van der Waals surface area contributed by atoms with Crippen molar-refractivity contribution in [1.82, 2.24) is 0 Å². The van der Waals surface area contributed by atoms with Gasteiger partial charge >= 0.3 is 17.9 Å². The molecule has 1 saturated carbocycles. The fourth-order valence-electron chi connectivity index (χ4n) is 3.30. The lowest BCUT2D eigenvalue weighted by Gasteiger charge is -2.32. The average Bonchev–Trinajstić information content (AvgIpc) is 3.17. The van der Waals surface area contributed by atoms with Crippen molar-refractivity contribution in [3.63, 3.8) is 0 Å². The first-order valence-corrected chi connectivity index (χ1v) is 6.36. The summed E-state index contributed by atoms with van der Waals surface area (Å²) in [7, 11) is 3.67. The van der Waals surface area contributed by atoms with Crippen molar-refractivity contribution in [3.05, 3.63) is 0 Å². The summed E-state index contributed by atoms with van der Waals surface area (Å²) in [5, 5.41) is 0. The highest BCUT2D eigenvalue weighted by molar-refractivity contribution is 6.03. The van der Waals surface area contributed by atoms with Crippen LogP contribution in [0.4, 0.5) is 0 Å². The molecule has 1 saturated heterocycles. The van der Waals surface area contributed by atoms with Crippen LogP contribution in [0, 0.1) is 11.3 Å². The van der Waals surface area contributed by atoms with E-state index in [-0.39, 0.29) is 13.0 Å². The van der Waals surface area contributed by atoms with Crippen molar-refractivity contribution in [2.45, 2.75) is 24.9 Å². The third-order valence-corrected chi connectivity index (χ3v) is 4.38. The van der Waals surface area contributed by atoms with Gasteiger partial charge < -0.3 is 18.9 Å². The van der Waals surface area contributed by atoms with E-state index >= 15 is 0 Å². The van der Waals surface area contributed by atoms with Crippen LogP contribution < -0.4 is 0 Å². The summed E-state index contributed by atoms with van der Waals surface area (Å²) in [6, 6.07) is 0. The highest BCUT2D eigenvalue weighted by Crippen LogP contribution is 2.61. The third-order valence-electron chi connectivity index (χ3n) is 4.38. The van der Waals surface area contributed by atoms with Gasteiger partial charge in [0.25, 0.3) is 0 Å². The summed E-state index contributed by atoms with van der Waals surface area (Å²) in [6.07, 6.45) is 0.962. The Morgan fingerprint density at radius 1 is 1.10 bits per heavy atom. The van der Waals surface area contributed by atoms with Gasteiger partial charge in [-0.05, 0) is 18.8 Å². The second-order valence-corrected chi connectivity index (χ2v) is 5.09. The zero-order valence-corrected chi connectivity index (χ0v) is 11.8. The molecule has 2 rings (SSSR count). The van der Waals surface area contributed by atoms with Gasteiger partial charge in [-0.15, -0.1) is 0 Å². The average molecular weight is 286 g/mol. The molecule has 0 aromatic heterocycles. The normalized spacial score (nSPS) is 29.9. The van der Waals surface area contributed by atoms with Crippen molar-refractivity contribution in [2.75, 3.05) is 27.9 Å². The standard InChI is InChI=1S/C13H18O7/c1-17-9(14)6-8-4-5-12(7-20-12)13(8,10(15)18-2)11(16)19-3/h8H,4-7H2,1-3H3. The number of esters is 3. The molecule has 2 unspecified atom stereocenters. The van der Waals surface area contributed by atoms with Gasteiger partial charge in [-0.25, -0.2) is 0 Å². The van der Waals surface area contributed by atoms with Gasteiger partial charge in [-0.3, -0.25) is 14.4 Å². The van der Waals surface area contributed by atoms with Gasteiger partial charge in [0.1, 0.15) is 5.60 Å². The maximum absolute atomic E-state index is 12.3. The van der Waals surface area contributed by atoms with E-state index in [4.69, 9.17) is 14.2 Å². The van der Waals surface area contributed by atoms with Crippen LogP contribution in [0.5, 0.6) is 0 Å². The molecule has 1 aliphatic carbocycles. The maximum Gasteiger partial charge on any atom is 0.326 e. The van der Waals surface area contributed by atoms with E-state index in [1.54, 1.807) is 0 Å². The summed E-state index contributed by atoms with van der Waals surface area (Å²) < 4.78 is 19.7. The number of hydrogen-bond acceptors (Lipinski definition) is 7. The molecule has 0 bridgehead atoms. The summed E-state index contributed by atoms with van der Waals surface area (Å²) in [6.45, 7) is 0.287.